The Labute approximate surface area is 194 Å². The molecule has 34 heavy (non-hydrogen) atoms. The van der Waals surface area contributed by atoms with Gasteiger partial charge >= 0.3 is 6.09 Å². The van der Waals surface area contributed by atoms with Gasteiger partial charge in [-0.15, -0.1) is 0 Å². The van der Waals surface area contributed by atoms with E-state index in [1.54, 1.807) is 6.07 Å². The summed E-state index contributed by atoms with van der Waals surface area (Å²) in [5.74, 6) is -1.86. The fraction of sp³-hybridized carbons (Fsp3) is 0.435. The van der Waals surface area contributed by atoms with Gasteiger partial charge in [-0.1, -0.05) is 19.1 Å². The number of alkyl carbamates (subject to hydrolysis) is 1. The Bertz CT molecular complexity index is 1210. The van der Waals surface area contributed by atoms with Crippen LogP contribution in [0.2, 0.25) is 0 Å². The second-order valence-electron chi connectivity index (χ2n) is 8.88. The second-order valence-corrected chi connectivity index (χ2v) is 8.88. The minimum atomic E-state index is -0.819. The van der Waals surface area contributed by atoms with E-state index in [1.807, 2.05) is 10.7 Å². The Balaban J connectivity index is 1.19. The highest BCUT2D eigenvalue weighted by molar-refractivity contribution is 6.05. The van der Waals surface area contributed by atoms with Crippen molar-refractivity contribution in [3.63, 3.8) is 0 Å². The molecule has 5 rings (SSSR count). The molecule has 178 valence electrons. The van der Waals surface area contributed by atoms with Gasteiger partial charge in [0.05, 0.1) is 5.56 Å². The Kier molecular flexibility index (Phi) is 5.54. The molecular weight excluding hydrogens is 445 g/mol. The molecule has 1 saturated heterocycles. The van der Waals surface area contributed by atoms with Gasteiger partial charge in [-0.05, 0) is 30.4 Å². The zero-order valence-electron chi connectivity index (χ0n) is 18.6. The molecular formula is C23H24FN5O5. The summed E-state index contributed by atoms with van der Waals surface area (Å²) in [4.78, 5) is 49.8. The van der Waals surface area contributed by atoms with Gasteiger partial charge in [0.15, 0.2) is 0 Å². The van der Waals surface area contributed by atoms with Gasteiger partial charge in [0.25, 0.3) is 5.91 Å². The summed E-state index contributed by atoms with van der Waals surface area (Å²) in [6.45, 7) is 2.89. The molecule has 2 unspecified atom stereocenters. The van der Waals surface area contributed by atoms with Gasteiger partial charge in [-0.2, -0.15) is 5.10 Å². The molecule has 0 spiro atoms. The van der Waals surface area contributed by atoms with Crippen molar-refractivity contribution >= 4 is 23.8 Å². The first-order chi connectivity index (χ1) is 16.3. The molecule has 0 aliphatic carbocycles. The van der Waals surface area contributed by atoms with Crippen LogP contribution in [-0.2, 0) is 40.6 Å². The average molecular weight is 469 g/mol. The summed E-state index contributed by atoms with van der Waals surface area (Å²) in [7, 11) is 0. The molecule has 3 aliphatic heterocycles. The van der Waals surface area contributed by atoms with Crippen molar-refractivity contribution in [2.75, 3.05) is 0 Å². The van der Waals surface area contributed by atoms with Crippen LogP contribution in [0.4, 0.5) is 9.18 Å². The third-order valence-electron chi connectivity index (χ3n) is 6.62. The molecule has 2 N–H and O–H groups in total. The van der Waals surface area contributed by atoms with E-state index in [9.17, 15) is 19.2 Å². The fourth-order valence-corrected chi connectivity index (χ4v) is 4.74. The van der Waals surface area contributed by atoms with Crippen LogP contribution in [0.25, 0.3) is 0 Å². The number of aryl methyl sites for hydroxylation is 1. The molecule has 1 aromatic carbocycles. The molecule has 1 aromatic heterocycles. The number of hydrogen-bond donors (Lipinski definition) is 2. The number of carbonyl (C=O) groups excluding carboxylic acids is 4. The van der Waals surface area contributed by atoms with E-state index in [1.165, 1.54) is 11.0 Å². The van der Waals surface area contributed by atoms with Crippen LogP contribution in [0.15, 0.2) is 18.2 Å². The number of halogens is 1. The summed E-state index contributed by atoms with van der Waals surface area (Å²) in [6.07, 6.45) is 0.643. The fourth-order valence-electron chi connectivity index (χ4n) is 4.74. The maximum Gasteiger partial charge on any atom is 0.407 e. The van der Waals surface area contributed by atoms with Crippen LogP contribution in [0.5, 0.6) is 0 Å². The standard InChI is InChI=1S/C23H24FN5O5/c1-12-6-7-29-17(12)8-15(27-29)11-34-23(33)25-9-13-2-3-14-10-28(22(32)19(14)20(13)24)16-4-5-18(30)26-21(16)31/h2-3,8,12,16H,4-7,9-11H2,1H3,(H,25,33)(H,26,30,31). The van der Waals surface area contributed by atoms with Crippen LogP contribution in [0.1, 0.15) is 65.0 Å². The third-order valence-corrected chi connectivity index (χ3v) is 6.62. The minimum absolute atomic E-state index is 0.00459. The van der Waals surface area contributed by atoms with Crippen molar-refractivity contribution in [2.45, 2.75) is 64.4 Å². The third kappa shape index (κ3) is 3.91. The lowest BCUT2D eigenvalue weighted by Gasteiger charge is -2.29. The average Bonchev–Trinajstić information content (AvgIpc) is 3.46. The molecule has 1 fully saturated rings. The number of benzene rings is 1. The number of carbonyl (C=O) groups is 4. The molecule has 0 saturated carbocycles. The highest BCUT2D eigenvalue weighted by Gasteiger charge is 2.40. The largest absolute Gasteiger partial charge is 0.443 e. The van der Waals surface area contributed by atoms with Crippen molar-refractivity contribution in [3.8, 4) is 0 Å². The van der Waals surface area contributed by atoms with Crippen LogP contribution in [0.3, 0.4) is 0 Å². The maximum atomic E-state index is 15.1. The number of nitrogens with zero attached hydrogens (tertiary/aromatic N) is 3. The molecule has 2 aromatic rings. The smallest absolute Gasteiger partial charge is 0.407 e. The van der Waals surface area contributed by atoms with Crippen molar-refractivity contribution in [3.05, 3.63) is 52.1 Å². The predicted octanol–water partition coefficient (Wildman–Crippen LogP) is 1.72. The topological polar surface area (TPSA) is 123 Å². The van der Waals surface area contributed by atoms with E-state index in [2.05, 4.69) is 22.7 Å². The zero-order chi connectivity index (χ0) is 24.0. The van der Waals surface area contributed by atoms with E-state index in [0.717, 1.165) is 18.7 Å². The summed E-state index contributed by atoms with van der Waals surface area (Å²) < 4.78 is 22.3. The van der Waals surface area contributed by atoms with Crippen LogP contribution in [-0.4, -0.2) is 44.5 Å². The van der Waals surface area contributed by atoms with E-state index in [-0.39, 0.29) is 49.6 Å². The predicted molar refractivity (Wildman–Crippen MR) is 115 cm³/mol. The van der Waals surface area contributed by atoms with Gasteiger partial charge in [0.2, 0.25) is 11.8 Å². The Morgan fingerprint density at radius 2 is 2.12 bits per heavy atom. The SMILES string of the molecule is CC1CCn2nc(COC(=O)NCc3ccc4c(c3F)C(=O)N(C3CCC(=O)NC3=O)C4)cc21. The van der Waals surface area contributed by atoms with Crippen molar-refractivity contribution in [1.82, 2.24) is 25.3 Å². The first-order valence-corrected chi connectivity index (χ1v) is 11.2. The summed E-state index contributed by atoms with van der Waals surface area (Å²) in [5, 5.41) is 9.13. The lowest BCUT2D eigenvalue weighted by molar-refractivity contribution is -0.136. The van der Waals surface area contributed by atoms with E-state index >= 15 is 4.39 Å². The van der Waals surface area contributed by atoms with Gasteiger partial charge in [-0.25, -0.2) is 9.18 Å². The van der Waals surface area contributed by atoms with Crippen LogP contribution >= 0.6 is 0 Å². The van der Waals surface area contributed by atoms with Gasteiger partial charge in [0.1, 0.15) is 24.2 Å². The Hall–Kier alpha value is -3.76. The van der Waals surface area contributed by atoms with E-state index in [4.69, 9.17) is 4.74 Å². The number of amides is 4. The number of rotatable bonds is 5. The number of ether oxygens (including phenoxy) is 1. The summed E-state index contributed by atoms with van der Waals surface area (Å²) >= 11 is 0. The Morgan fingerprint density at radius 1 is 1.29 bits per heavy atom. The highest BCUT2D eigenvalue weighted by atomic mass is 19.1. The first kappa shape index (κ1) is 22.1. The maximum absolute atomic E-state index is 15.1. The lowest BCUT2D eigenvalue weighted by atomic mass is 10.0. The summed E-state index contributed by atoms with van der Waals surface area (Å²) in [5.41, 5.74) is 2.25. The molecule has 10 nitrogen and oxygen atoms in total. The molecule has 0 radical (unpaired) electrons. The normalized spacial score (nSPS) is 21.4. The molecule has 11 heteroatoms. The van der Waals surface area contributed by atoms with Crippen molar-refractivity contribution in [1.29, 1.82) is 0 Å². The quantitative estimate of drug-likeness (QED) is 0.643. The molecule has 4 heterocycles. The van der Waals surface area contributed by atoms with Crippen LogP contribution < -0.4 is 10.6 Å². The number of nitrogens with one attached hydrogen (secondary N) is 2. The minimum Gasteiger partial charge on any atom is -0.443 e. The monoisotopic (exact) mass is 469 g/mol. The van der Waals surface area contributed by atoms with Crippen molar-refractivity contribution < 1.29 is 28.3 Å². The number of aromatic nitrogens is 2. The molecule has 3 aliphatic rings. The molecule has 4 amide bonds. The van der Waals surface area contributed by atoms with Crippen molar-refractivity contribution in [2.24, 2.45) is 0 Å². The first-order valence-electron chi connectivity index (χ1n) is 11.2. The number of piperidine rings is 1. The lowest BCUT2D eigenvalue weighted by Crippen LogP contribution is -2.52. The van der Waals surface area contributed by atoms with Crippen LogP contribution in [0, 0.1) is 5.82 Å². The second kappa shape index (κ2) is 8.54. The molecule has 0 bridgehead atoms. The van der Waals surface area contributed by atoms with Gasteiger partial charge < -0.3 is 15.0 Å². The Morgan fingerprint density at radius 3 is 2.88 bits per heavy atom. The number of imide groups is 1. The summed E-state index contributed by atoms with van der Waals surface area (Å²) in [6, 6.07) is 4.21. The number of hydrogen-bond acceptors (Lipinski definition) is 6. The van der Waals surface area contributed by atoms with Gasteiger partial charge in [-0.3, -0.25) is 24.4 Å². The zero-order valence-corrected chi connectivity index (χ0v) is 18.6. The van der Waals surface area contributed by atoms with E-state index < -0.39 is 29.8 Å². The van der Waals surface area contributed by atoms with Gasteiger partial charge in [0, 0.05) is 37.3 Å². The van der Waals surface area contributed by atoms with E-state index in [0.29, 0.717) is 17.2 Å². The number of fused-ring (bicyclic) bond motifs is 2. The molecule has 2 atom stereocenters. The highest BCUT2D eigenvalue weighted by Crippen LogP contribution is 2.31.